The molecule has 0 aromatic heterocycles. The fourth-order valence-corrected chi connectivity index (χ4v) is 4.11. The van der Waals surface area contributed by atoms with Crippen LogP contribution in [0.4, 0.5) is 0 Å². The molecule has 2 rings (SSSR count). The molecule has 0 aliphatic heterocycles. The summed E-state index contributed by atoms with van der Waals surface area (Å²) in [7, 11) is 5.81. The average molecular weight is 575 g/mol. The molecule has 0 unspecified atom stereocenters. The van der Waals surface area contributed by atoms with Crippen molar-refractivity contribution in [2.75, 3.05) is 54.6 Å². The maximum absolute atomic E-state index is 13.8. The summed E-state index contributed by atoms with van der Waals surface area (Å²) in [6.07, 6.45) is 1.08. The zero-order chi connectivity index (χ0) is 30.4. The van der Waals surface area contributed by atoms with E-state index in [1.165, 1.54) is 35.4 Å². The van der Waals surface area contributed by atoms with Crippen molar-refractivity contribution in [2.24, 2.45) is 5.73 Å². The smallest absolute Gasteiger partial charge is 0.264 e. The highest BCUT2D eigenvalue weighted by atomic mass is 16.5. The van der Waals surface area contributed by atoms with E-state index in [2.05, 4.69) is 10.6 Å². The summed E-state index contributed by atoms with van der Waals surface area (Å²) >= 11 is 0. The third kappa shape index (κ3) is 9.07. The van der Waals surface area contributed by atoms with E-state index >= 15 is 0 Å². The average Bonchev–Trinajstić information content (AvgIpc) is 2.99. The minimum atomic E-state index is -0.949. The molecule has 2 aromatic rings. The van der Waals surface area contributed by atoms with Crippen LogP contribution in [0.15, 0.2) is 36.4 Å². The predicted octanol–water partition coefficient (Wildman–Crippen LogP) is 1.59. The Morgan fingerprint density at radius 3 is 1.76 bits per heavy atom. The highest BCUT2D eigenvalue weighted by Crippen LogP contribution is 2.34. The molecule has 12 heteroatoms. The highest BCUT2D eigenvalue weighted by Gasteiger charge is 2.30. The largest absolute Gasteiger partial charge is 0.493 e. The fourth-order valence-electron chi connectivity index (χ4n) is 4.11. The van der Waals surface area contributed by atoms with Gasteiger partial charge in [0, 0.05) is 13.1 Å². The van der Waals surface area contributed by atoms with Crippen molar-refractivity contribution >= 4 is 17.7 Å². The van der Waals surface area contributed by atoms with Crippen molar-refractivity contribution in [3.63, 3.8) is 0 Å². The number of imide groups is 1. The molecular weight excluding hydrogens is 532 g/mol. The molecule has 0 aliphatic carbocycles. The Morgan fingerprint density at radius 2 is 1.29 bits per heavy atom. The van der Waals surface area contributed by atoms with Crippen LogP contribution in [0.1, 0.15) is 46.9 Å². The molecule has 0 saturated carbocycles. The molecule has 41 heavy (non-hydrogen) atoms. The number of para-hydroxylation sites is 2. The van der Waals surface area contributed by atoms with Crippen molar-refractivity contribution in [1.29, 1.82) is 0 Å². The Balaban J connectivity index is 2.08. The molecule has 0 radical (unpaired) electrons. The first-order valence-corrected chi connectivity index (χ1v) is 13.4. The summed E-state index contributed by atoms with van der Waals surface area (Å²) in [5, 5.41) is 15.4. The van der Waals surface area contributed by atoms with E-state index in [0.29, 0.717) is 37.6 Å². The molecule has 0 saturated heterocycles. The molecule has 226 valence electrons. The van der Waals surface area contributed by atoms with Crippen molar-refractivity contribution in [2.45, 2.75) is 38.3 Å². The Hall–Kier alpha value is -3.87. The molecule has 0 fully saturated rings. The number of benzene rings is 2. The van der Waals surface area contributed by atoms with Crippen molar-refractivity contribution in [3.8, 4) is 23.0 Å². The van der Waals surface area contributed by atoms with Crippen LogP contribution in [0.3, 0.4) is 0 Å². The molecule has 0 aliphatic rings. The first-order chi connectivity index (χ1) is 19.7. The quantitative estimate of drug-likeness (QED) is 0.161. The maximum Gasteiger partial charge on any atom is 0.264 e. The van der Waals surface area contributed by atoms with E-state index < -0.39 is 24.0 Å². The fraction of sp³-hybridized carbons (Fsp3) is 0.483. The van der Waals surface area contributed by atoms with Crippen LogP contribution in [0.25, 0.3) is 0 Å². The Kier molecular flexibility index (Phi) is 13.9. The first-order valence-electron chi connectivity index (χ1n) is 13.4. The number of rotatable bonds is 17. The van der Waals surface area contributed by atoms with E-state index in [1.54, 1.807) is 36.4 Å². The minimum absolute atomic E-state index is 0.124. The van der Waals surface area contributed by atoms with Gasteiger partial charge in [0.05, 0.1) is 45.7 Å². The van der Waals surface area contributed by atoms with Gasteiger partial charge < -0.3 is 40.4 Å². The van der Waals surface area contributed by atoms with Crippen LogP contribution in [-0.2, 0) is 4.79 Å². The number of carbonyl (C=O) groups excluding carboxylic acids is 3. The van der Waals surface area contributed by atoms with Crippen molar-refractivity contribution < 1.29 is 38.4 Å². The number of hydrogen-bond donors (Lipinski definition) is 4. The molecule has 3 amide bonds. The lowest BCUT2D eigenvalue weighted by Gasteiger charge is -2.24. The van der Waals surface area contributed by atoms with Gasteiger partial charge in [-0.2, -0.15) is 0 Å². The molecule has 12 nitrogen and oxygen atoms in total. The zero-order valence-electron chi connectivity index (χ0n) is 24.4. The summed E-state index contributed by atoms with van der Waals surface area (Å²) < 4.78 is 21.6. The number of carbonyl (C=O) groups is 3. The van der Waals surface area contributed by atoms with Gasteiger partial charge in [-0.1, -0.05) is 12.1 Å². The van der Waals surface area contributed by atoms with Gasteiger partial charge in [0.1, 0.15) is 6.04 Å². The SMILES string of the molecule is COc1cccc(C(=O)N(CCCNCCCCNC(=O)[C@@H](N)[C@@H](C)O)C(=O)c2cccc(OC)c2OC)c1OC. The molecular formula is C29H42N4O8. The third-order valence-corrected chi connectivity index (χ3v) is 6.39. The zero-order valence-corrected chi connectivity index (χ0v) is 24.4. The van der Waals surface area contributed by atoms with E-state index in [0.717, 1.165) is 17.7 Å². The van der Waals surface area contributed by atoms with Crippen molar-refractivity contribution in [1.82, 2.24) is 15.5 Å². The number of aliphatic hydroxyl groups is 1. The van der Waals surface area contributed by atoms with Gasteiger partial charge in [0.25, 0.3) is 11.8 Å². The number of amides is 3. The third-order valence-electron chi connectivity index (χ3n) is 6.39. The first kappa shape index (κ1) is 33.3. The number of unbranched alkanes of at least 4 members (excludes halogenated alkanes) is 1. The number of hydrogen-bond acceptors (Lipinski definition) is 10. The van der Waals surface area contributed by atoms with Crippen LogP contribution in [0, 0.1) is 0 Å². The highest BCUT2D eigenvalue weighted by molar-refractivity contribution is 6.12. The number of aliphatic hydroxyl groups excluding tert-OH is 1. The number of ether oxygens (including phenoxy) is 4. The van der Waals surface area contributed by atoms with E-state index in [-0.39, 0.29) is 35.1 Å². The van der Waals surface area contributed by atoms with Gasteiger partial charge in [-0.05, 0) is 63.5 Å². The summed E-state index contributed by atoms with van der Waals surface area (Å²) in [6.45, 7) is 3.26. The summed E-state index contributed by atoms with van der Waals surface area (Å²) in [5.74, 6) is -0.262. The topological polar surface area (TPSA) is 162 Å². The lowest BCUT2D eigenvalue weighted by molar-refractivity contribution is -0.124. The Labute approximate surface area is 241 Å². The molecule has 0 bridgehead atoms. The second kappa shape index (κ2) is 17.1. The van der Waals surface area contributed by atoms with Crippen LogP contribution in [0.5, 0.6) is 23.0 Å². The van der Waals surface area contributed by atoms with E-state index in [9.17, 15) is 19.5 Å². The summed E-state index contributed by atoms with van der Waals surface area (Å²) in [5.41, 5.74) is 5.98. The van der Waals surface area contributed by atoms with E-state index in [4.69, 9.17) is 24.7 Å². The van der Waals surface area contributed by atoms with Crippen molar-refractivity contribution in [3.05, 3.63) is 47.5 Å². The second-order valence-corrected chi connectivity index (χ2v) is 9.21. The normalized spacial score (nSPS) is 12.2. The molecule has 5 N–H and O–H groups in total. The van der Waals surface area contributed by atoms with Gasteiger partial charge in [0.2, 0.25) is 5.91 Å². The van der Waals surface area contributed by atoms with Gasteiger partial charge in [0.15, 0.2) is 23.0 Å². The lowest BCUT2D eigenvalue weighted by atomic mass is 10.1. The number of methoxy groups -OCH3 is 4. The van der Waals surface area contributed by atoms with Gasteiger partial charge >= 0.3 is 0 Å². The standard InChI is InChI=1S/C29H42N4O8/c1-19(34)24(30)27(35)32-17-7-6-15-31-16-10-18-33(28(36)20-11-8-13-22(38-2)25(20)40-4)29(37)21-12-9-14-23(39-3)26(21)41-5/h8-9,11-14,19,24,31,34H,6-7,10,15-18,30H2,1-5H3,(H,32,35)/t19-,24+/m1/s1. The molecule has 0 heterocycles. The number of nitrogens with one attached hydrogen (secondary N) is 2. The predicted molar refractivity (Wildman–Crippen MR) is 154 cm³/mol. The summed E-state index contributed by atoms with van der Waals surface area (Å²) in [4.78, 5) is 40.5. The summed E-state index contributed by atoms with van der Waals surface area (Å²) in [6, 6.07) is 8.87. The monoisotopic (exact) mass is 574 g/mol. The minimum Gasteiger partial charge on any atom is -0.493 e. The molecule has 2 atom stereocenters. The van der Waals surface area contributed by atoms with Gasteiger partial charge in [-0.3, -0.25) is 19.3 Å². The van der Waals surface area contributed by atoms with Crippen LogP contribution >= 0.6 is 0 Å². The lowest BCUT2D eigenvalue weighted by Crippen LogP contribution is -2.47. The van der Waals surface area contributed by atoms with Crippen LogP contribution < -0.4 is 35.3 Å². The van der Waals surface area contributed by atoms with E-state index in [1.807, 2.05) is 0 Å². The molecule has 0 spiro atoms. The van der Waals surface area contributed by atoms with Gasteiger partial charge in [-0.25, -0.2) is 0 Å². The number of nitrogens with zero attached hydrogens (tertiary/aromatic N) is 1. The van der Waals surface area contributed by atoms with Crippen LogP contribution in [-0.4, -0.2) is 94.5 Å². The Morgan fingerprint density at radius 1 is 0.805 bits per heavy atom. The molecule has 2 aromatic carbocycles. The van der Waals surface area contributed by atoms with Crippen LogP contribution in [0.2, 0.25) is 0 Å². The maximum atomic E-state index is 13.8. The Bertz CT molecular complexity index is 1090. The van der Waals surface area contributed by atoms with Gasteiger partial charge in [-0.15, -0.1) is 0 Å². The number of nitrogens with two attached hydrogens (primary N) is 1. The second-order valence-electron chi connectivity index (χ2n) is 9.21.